The Kier molecular flexibility index (Phi) is 5.89. The average molecular weight is 483 g/mol. The molecule has 0 saturated carbocycles. The van der Waals surface area contributed by atoms with Crippen LogP contribution in [0.25, 0.3) is 33.5 Å². The molecule has 0 spiro atoms. The molecule has 0 aliphatic heterocycles. The van der Waals surface area contributed by atoms with Crippen molar-refractivity contribution in [3.05, 3.63) is 72.1 Å². The van der Waals surface area contributed by atoms with Gasteiger partial charge in [0.1, 0.15) is 17.4 Å². The number of ether oxygens (including phenoxy) is 1. The Balaban J connectivity index is 1.48. The van der Waals surface area contributed by atoms with Crippen LogP contribution in [0.3, 0.4) is 0 Å². The van der Waals surface area contributed by atoms with Crippen molar-refractivity contribution in [3.63, 3.8) is 0 Å². The van der Waals surface area contributed by atoms with E-state index in [0.717, 1.165) is 16.8 Å². The van der Waals surface area contributed by atoms with E-state index in [1.807, 2.05) is 45.0 Å². The highest BCUT2D eigenvalue weighted by Crippen LogP contribution is 2.35. The quantitative estimate of drug-likeness (QED) is 0.300. The molecule has 5 aromatic rings. The van der Waals surface area contributed by atoms with Crippen molar-refractivity contribution in [1.82, 2.24) is 24.7 Å². The van der Waals surface area contributed by atoms with E-state index in [9.17, 15) is 9.90 Å². The zero-order valence-electron chi connectivity index (χ0n) is 20.4. The number of imidazole rings is 1. The number of aryl methyl sites for hydroxylation is 1. The van der Waals surface area contributed by atoms with Crippen LogP contribution in [0.2, 0.25) is 0 Å². The van der Waals surface area contributed by atoms with Crippen molar-refractivity contribution >= 4 is 22.8 Å². The third-order valence-electron chi connectivity index (χ3n) is 5.86. The Bertz CT molecular complexity index is 1580. The van der Waals surface area contributed by atoms with Gasteiger partial charge in [0.25, 0.3) is 5.91 Å². The van der Waals surface area contributed by atoms with Gasteiger partial charge in [0, 0.05) is 29.4 Å². The molecule has 36 heavy (non-hydrogen) atoms. The van der Waals surface area contributed by atoms with Gasteiger partial charge < -0.3 is 20.1 Å². The van der Waals surface area contributed by atoms with Crippen molar-refractivity contribution < 1.29 is 14.6 Å². The first-order chi connectivity index (χ1) is 17.3. The fraction of sp³-hybridized carbons (Fsp3) is 0.185. The zero-order valence-corrected chi connectivity index (χ0v) is 20.4. The number of fused-ring (bicyclic) bond motifs is 1. The maximum absolute atomic E-state index is 13.0. The maximum atomic E-state index is 13.0. The van der Waals surface area contributed by atoms with E-state index >= 15 is 0 Å². The highest BCUT2D eigenvalue weighted by Gasteiger charge is 2.17. The molecule has 0 unspecified atom stereocenters. The Morgan fingerprint density at radius 2 is 1.94 bits per heavy atom. The molecule has 0 atom stereocenters. The fourth-order valence-electron chi connectivity index (χ4n) is 4.14. The topological polar surface area (TPSA) is 118 Å². The lowest BCUT2D eigenvalue weighted by Gasteiger charge is -2.11. The van der Waals surface area contributed by atoms with E-state index in [-0.39, 0.29) is 17.7 Å². The van der Waals surface area contributed by atoms with E-state index in [1.165, 1.54) is 0 Å². The van der Waals surface area contributed by atoms with Crippen molar-refractivity contribution in [3.8, 4) is 34.1 Å². The normalized spacial score (nSPS) is 11.2. The second-order valence-corrected chi connectivity index (χ2v) is 8.77. The first-order valence-corrected chi connectivity index (χ1v) is 11.5. The second-order valence-electron chi connectivity index (χ2n) is 8.77. The number of methoxy groups -OCH3 is 1. The van der Waals surface area contributed by atoms with Crippen LogP contribution in [0.1, 0.15) is 35.9 Å². The predicted molar refractivity (Wildman–Crippen MR) is 138 cm³/mol. The minimum atomic E-state index is -0.247. The van der Waals surface area contributed by atoms with Crippen LogP contribution in [0.5, 0.6) is 11.6 Å². The van der Waals surface area contributed by atoms with Crippen LogP contribution >= 0.6 is 0 Å². The minimum absolute atomic E-state index is 0.0796. The number of hydrogen-bond acceptors (Lipinski definition) is 6. The van der Waals surface area contributed by atoms with Gasteiger partial charge in [-0.1, -0.05) is 6.07 Å². The van der Waals surface area contributed by atoms with Crippen LogP contribution < -0.4 is 10.1 Å². The number of aromatic hydroxyl groups is 1. The van der Waals surface area contributed by atoms with E-state index in [2.05, 4.69) is 25.4 Å². The van der Waals surface area contributed by atoms with Crippen molar-refractivity contribution in [2.45, 2.75) is 26.8 Å². The van der Waals surface area contributed by atoms with Gasteiger partial charge in [-0.3, -0.25) is 4.79 Å². The number of pyridine rings is 1. The van der Waals surface area contributed by atoms with Gasteiger partial charge in [0.05, 0.1) is 29.4 Å². The number of benzene rings is 2. The largest absolute Gasteiger partial charge is 0.507 e. The molecule has 0 aliphatic carbocycles. The van der Waals surface area contributed by atoms with E-state index in [1.54, 1.807) is 48.3 Å². The van der Waals surface area contributed by atoms with Crippen LogP contribution in [0.4, 0.5) is 5.82 Å². The van der Waals surface area contributed by atoms with E-state index in [4.69, 9.17) is 4.74 Å². The van der Waals surface area contributed by atoms with Crippen molar-refractivity contribution in [1.29, 1.82) is 0 Å². The first-order valence-electron chi connectivity index (χ1n) is 11.5. The number of H-pyrrole nitrogens is 1. The van der Waals surface area contributed by atoms with Crippen LogP contribution in [0.15, 0.2) is 60.8 Å². The molecule has 3 aromatic heterocycles. The molecule has 0 radical (unpaired) electrons. The van der Waals surface area contributed by atoms with Crippen LogP contribution in [0, 0.1) is 6.92 Å². The number of nitrogens with zero attached hydrogens (tertiary/aromatic N) is 4. The summed E-state index contributed by atoms with van der Waals surface area (Å²) in [5, 5.41) is 18.0. The summed E-state index contributed by atoms with van der Waals surface area (Å²) in [6.45, 7) is 5.91. The number of aromatic nitrogens is 5. The summed E-state index contributed by atoms with van der Waals surface area (Å²) in [6.07, 6.45) is 1.66. The van der Waals surface area contributed by atoms with Crippen molar-refractivity contribution in [2.75, 3.05) is 12.4 Å². The summed E-state index contributed by atoms with van der Waals surface area (Å²) >= 11 is 0. The van der Waals surface area contributed by atoms with E-state index < -0.39 is 0 Å². The molecule has 2 aromatic carbocycles. The Morgan fingerprint density at radius 3 is 2.72 bits per heavy atom. The van der Waals surface area contributed by atoms with E-state index in [0.29, 0.717) is 39.7 Å². The molecular weight excluding hydrogens is 456 g/mol. The lowest BCUT2D eigenvalue weighted by molar-refractivity contribution is 0.102. The number of amides is 1. The summed E-state index contributed by atoms with van der Waals surface area (Å²) < 4.78 is 7.17. The molecule has 9 nitrogen and oxygen atoms in total. The molecule has 1 amide bonds. The molecular formula is C27H26N6O3. The van der Waals surface area contributed by atoms with Gasteiger partial charge in [-0.25, -0.2) is 14.6 Å². The number of phenolic OH excluding ortho intramolecular Hbond substituents is 1. The number of carbonyl (C=O) groups is 1. The Hall–Kier alpha value is -4.66. The predicted octanol–water partition coefficient (Wildman–Crippen LogP) is 5.34. The van der Waals surface area contributed by atoms with Crippen LogP contribution in [-0.2, 0) is 0 Å². The summed E-state index contributed by atoms with van der Waals surface area (Å²) in [4.78, 5) is 25.1. The van der Waals surface area contributed by atoms with Gasteiger partial charge >= 0.3 is 0 Å². The third-order valence-corrected chi connectivity index (χ3v) is 5.86. The molecule has 0 bridgehead atoms. The Labute approximate surface area is 207 Å². The van der Waals surface area contributed by atoms with Gasteiger partial charge in [-0.2, -0.15) is 5.10 Å². The standard InChI is InChI=1S/C27H26N6O3/c1-15(2)33-24(12-16(3)32-33)31-26(35)18-7-9-21-22(14-18)30-25(29-21)20-13-17(8-10-23(20)34)19-6-5-11-28-27(19)36-4/h5-15,34H,1-4H3,(H,29,30)(H,31,35). The lowest BCUT2D eigenvalue weighted by atomic mass is 10.0. The monoisotopic (exact) mass is 482 g/mol. The molecule has 5 rings (SSSR count). The summed E-state index contributed by atoms with van der Waals surface area (Å²) in [6, 6.07) is 16.2. The molecule has 3 heterocycles. The Morgan fingerprint density at radius 1 is 1.11 bits per heavy atom. The lowest BCUT2D eigenvalue weighted by Crippen LogP contribution is -2.16. The minimum Gasteiger partial charge on any atom is -0.507 e. The number of rotatable bonds is 6. The van der Waals surface area contributed by atoms with Gasteiger partial charge in [0.15, 0.2) is 0 Å². The summed E-state index contributed by atoms with van der Waals surface area (Å²) in [7, 11) is 1.57. The highest BCUT2D eigenvalue weighted by atomic mass is 16.5. The number of carbonyl (C=O) groups excluding carboxylic acids is 1. The molecule has 0 saturated heterocycles. The van der Waals surface area contributed by atoms with Gasteiger partial charge in [-0.15, -0.1) is 0 Å². The third kappa shape index (κ3) is 4.26. The van der Waals surface area contributed by atoms with Gasteiger partial charge in [0.2, 0.25) is 5.88 Å². The summed E-state index contributed by atoms with van der Waals surface area (Å²) in [5.41, 5.74) is 4.81. The first kappa shape index (κ1) is 23.1. The molecule has 0 aliphatic rings. The molecule has 3 N–H and O–H groups in total. The molecule has 182 valence electrons. The number of hydrogen-bond donors (Lipinski definition) is 3. The SMILES string of the molecule is COc1ncccc1-c1ccc(O)c(-c2nc3ccc(C(=O)Nc4cc(C)nn4C(C)C)cc3[nH]2)c1. The molecule has 0 fully saturated rings. The number of anilines is 1. The van der Waals surface area contributed by atoms with Crippen molar-refractivity contribution in [2.24, 2.45) is 0 Å². The smallest absolute Gasteiger partial charge is 0.256 e. The number of nitrogens with one attached hydrogen (secondary N) is 2. The zero-order chi connectivity index (χ0) is 25.4. The number of aromatic amines is 1. The summed E-state index contributed by atoms with van der Waals surface area (Å²) in [5.74, 6) is 1.45. The average Bonchev–Trinajstić information content (AvgIpc) is 3.46. The second kappa shape index (κ2) is 9.18. The highest BCUT2D eigenvalue weighted by molar-refractivity contribution is 6.05. The molecule has 9 heteroatoms. The van der Waals surface area contributed by atoms with Crippen LogP contribution in [-0.4, -0.2) is 42.9 Å². The fourth-order valence-corrected chi connectivity index (χ4v) is 4.14. The van der Waals surface area contributed by atoms with Gasteiger partial charge in [-0.05, 0) is 68.8 Å². The number of phenols is 1. The maximum Gasteiger partial charge on any atom is 0.256 e.